The number of rotatable bonds is 2. The van der Waals surface area contributed by atoms with E-state index in [1.807, 2.05) is 0 Å². The highest BCUT2D eigenvalue weighted by Crippen LogP contribution is 2.26. The van der Waals surface area contributed by atoms with E-state index in [1.165, 1.54) is 12.1 Å². The highest BCUT2D eigenvalue weighted by atomic mass is 35.5. The first-order valence-corrected chi connectivity index (χ1v) is 5.26. The van der Waals surface area contributed by atoms with Gasteiger partial charge in [0.25, 0.3) is 0 Å². The first-order chi connectivity index (χ1) is 8.08. The molecule has 0 aliphatic carbocycles. The molecule has 2 rings (SSSR count). The Morgan fingerprint density at radius 3 is 2.18 bits per heavy atom. The molecule has 0 radical (unpaired) electrons. The molecule has 0 bridgehead atoms. The minimum atomic E-state index is -1.21. The van der Waals surface area contributed by atoms with E-state index in [9.17, 15) is 9.90 Å². The van der Waals surface area contributed by atoms with Crippen LogP contribution < -0.4 is 5.11 Å². The van der Waals surface area contributed by atoms with E-state index in [0.29, 0.717) is 10.6 Å². The summed E-state index contributed by atoms with van der Waals surface area (Å²) in [5, 5.41) is 20.9. The summed E-state index contributed by atoms with van der Waals surface area (Å²) in [5.41, 5.74) is 1.28. The lowest BCUT2D eigenvalue weighted by Gasteiger charge is -2.12. The molecule has 4 heteroatoms. The summed E-state index contributed by atoms with van der Waals surface area (Å²) in [6.45, 7) is 0. The molecule has 0 aliphatic rings. The predicted molar refractivity (Wildman–Crippen MR) is 63.3 cm³/mol. The average molecular weight is 248 g/mol. The van der Waals surface area contributed by atoms with Crippen molar-refractivity contribution in [3.63, 3.8) is 0 Å². The third-order valence-corrected chi connectivity index (χ3v) is 2.64. The molecule has 0 aromatic heterocycles. The summed E-state index contributed by atoms with van der Waals surface area (Å²) in [4.78, 5) is 10.7. The lowest BCUT2D eigenvalue weighted by atomic mass is 10.0. The second-order valence-electron chi connectivity index (χ2n) is 3.52. The normalized spacial score (nSPS) is 10.2. The number of hydrogen-bond donors (Lipinski definition) is 1. The minimum Gasteiger partial charge on any atom is -0.872 e. The van der Waals surface area contributed by atoms with Gasteiger partial charge in [-0.2, -0.15) is 0 Å². The van der Waals surface area contributed by atoms with Gasteiger partial charge in [0.05, 0.1) is 5.56 Å². The number of carboxylic acid groups (broad SMARTS) is 1. The largest absolute Gasteiger partial charge is 0.872 e. The van der Waals surface area contributed by atoms with Crippen molar-refractivity contribution in [1.29, 1.82) is 0 Å². The Labute approximate surface area is 103 Å². The zero-order valence-electron chi connectivity index (χ0n) is 8.68. The lowest BCUT2D eigenvalue weighted by molar-refractivity contribution is -0.268. The third-order valence-electron chi connectivity index (χ3n) is 2.39. The van der Waals surface area contributed by atoms with Gasteiger partial charge in [-0.05, 0) is 29.3 Å². The number of benzene rings is 2. The van der Waals surface area contributed by atoms with E-state index >= 15 is 0 Å². The van der Waals surface area contributed by atoms with Gasteiger partial charge in [0, 0.05) is 5.02 Å². The van der Waals surface area contributed by atoms with Crippen LogP contribution in [-0.4, -0.2) is 11.1 Å². The molecule has 0 aliphatic heterocycles. The fourth-order valence-corrected chi connectivity index (χ4v) is 1.65. The molecule has 2 aromatic carbocycles. The first kappa shape index (κ1) is 11.5. The summed E-state index contributed by atoms with van der Waals surface area (Å²) < 4.78 is 0. The Hall–Kier alpha value is -2.00. The van der Waals surface area contributed by atoms with Gasteiger partial charge in [0.15, 0.2) is 0 Å². The lowest BCUT2D eigenvalue weighted by Crippen LogP contribution is -2.03. The van der Waals surface area contributed by atoms with Gasteiger partial charge in [0.1, 0.15) is 0 Å². The number of hydrogen-bond acceptors (Lipinski definition) is 2. The molecule has 0 amide bonds. The molecule has 86 valence electrons. The van der Waals surface area contributed by atoms with Crippen LogP contribution in [0.3, 0.4) is 0 Å². The molecule has 2 aromatic rings. The van der Waals surface area contributed by atoms with Crippen LogP contribution in [0, 0.1) is 0 Å². The summed E-state index contributed by atoms with van der Waals surface area (Å²) in [5.74, 6) is -1.71. The monoisotopic (exact) mass is 247 g/mol. The molecular weight excluding hydrogens is 240 g/mol. The van der Waals surface area contributed by atoms with Gasteiger partial charge >= 0.3 is 5.97 Å². The van der Waals surface area contributed by atoms with Crippen molar-refractivity contribution in [2.45, 2.75) is 0 Å². The van der Waals surface area contributed by atoms with Crippen molar-refractivity contribution in [2.24, 2.45) is 0 Å². The van der Waals surface area contributed by atoms with Crippen LogP contribution in [0.15, 0.2) is 42.5 Å². The highest BCUT2D eigenvalue weighted by Gasteiger charge is 2.05. The van der Waals surface area contributed by atoms with E-state index in [1.54, 1.807) is 30.3 Å². The maximum atomic E-state index is 11.5. The molecule has 0 spiro atoms. The van der Waals surface area contributed by atoms with Crippen molar-refractivity contribution < 1.29 is 15.0 Å². The molecule has 17 heavy (non-hydrogen) atoms. The van der Waals surface area contributed by atoms with Crippen LogP contribution in [0.25, 0.3) is 11.1 Å². The molecule has 0 heterocycles. The van der Waals surface area contributed by atoms with Crippen LogP contribution >= 0.6 is 11.6 Å². The zero-order chi connectivity index (χ0) is 12.4. The average Bonchev–Trinajstić information content (AvgIpc) is 2.29. The summed E-state index contributed by atoms with van der Waals surface area (Å²) in [6, 6.07) is 11.2. The molecule has 0 atom stereocenters. The molecule has 0 saturated heterocycles. The fraction of sp³-hybridized carbons (Fsp3) is 0. The summed E-state index contributed by atoms with van der Waals surface area (Å²) in [6.07, 6.45) is 0. The Morgan fingerprint density at radius 2 is 1.65 bits per heavy atom. The first-order valence-electron chi connectivity index (χ1n) is 4.88. The van der Waals surface area contributed by atoms with Crippen LogP contribution in [0.1, 0.15) is 10.4 Å². The maximum Gasteiger partial charge on any atom is 0.335 e. The highest BCUT2D eigenvalue weighted by molar-refractivity contribution is 6.30. The topological polar surface area (TPSA) is 60.4 Å². The number of aromatic carboxylic acids is 1. The molecular formula is C13H8ClO3-. The van der Waals surface area contributed by atoms with E-state index < -0.39 is 11.7 Å². The van der Waals surface area contributed by atoms with Crippen molar-refractivity contribution in [3.8, 4) is 16.9 Å². The van der Waals surface area contributed by atoms with E-state index in [-0.39, 0.29) is 5.56 Å². The van der Waals surface area contributed by atoms with Gasteiger partial charge in [-0.25, -0.2) is 4.79 Å². The second-order valence-corrected chi connectivity index (χ2v) is 3.96. The maximum absolute atomic E-state index is 11.5. The standard InChI is InChI=1S/C13H9ClO3/c14-10-4-1-8(2-5-10)9-3-6-11(13(16)17)12(15)7-9/h1-7,15H,(H,16,17)/p-1. The molecule has 3 nitrogen and oxygen atoms in total. The second kappa shape index (κ2) is 4.47. The van der Waals surface area contributed by atoms with Gasteiger partial charge in [-0.15, -0.1) is 0 Å². The van der Waals surface area contributed by atoms with Crippen molar-refractivity contribution in [2.75, 3.05) is 0 Å². The molecule has 0 unspecified atom stereocenters. The Kier molecular flexibility index (Phi) is 3.02. The minimum absolute atomic E-state index is 0.220. The number of halogens is 1. The van der Waals surface area contributed by atoms with Crippen LogP contribution in [0.4, 0.5) is 0 Å². The third kappa shape index (κ3) is 2.40. The van der Waals surface area contributed by atoms with Crippen molar-refractivity contribution in [3.05, 3.63) is 53.1 Å². The summed E-state index contributed by atoms with van der Waals surface area (Å²) >= 11 is 5.76. The molecule has 1 N–H and O–H groups in total. The van der Waals surface area contributed by atoms with Crippen molar-refractivity contribution >= 4 is 17.6 Å². The molecule has 0 fully saturated rings. The van der Waals surface area contributed by atoms with Gasteiger partial charge in [-0.1, -0.05) is 41.6 Å². The van der Waals surface area contributed by atoms with Crippen LogP contribution in [-0.2, 0) is 0 Å². The smallest absolute Gasteiger partial charge is 0.335 e. The quantitative estimate of drug-likeness (QED) is 0.888. The van der Waals surface area contributed by atoms with E-state index in [2.05, 4.69) is 0 Å². The van der Waals surface area contributed by atoms with E-state index in [0.717, 1.165) is 5.56 Å². The van der Waals surface area contributed by atoms with Gasteiger partial charge < -0.3 is 10.2 Å². The fourth-order valence-electron chi connectivity index (χ4n) is 1.52. The number of carboxylic acids is 1. The number of carbonyl (C=O) groups is 1. The summed E-state index contributed by atoms with van der Waals surface area (Å²) in [7, 11) is 0. The van der Waals surface area contributed by atoms with E-state index in [4.69, 9.17) is 16.7 Å². The Morgan fingerprint density at radius 1 is 1.06 bits per heavy atom. The zero-order valence-corrected chi connectivity index (χ0v) is 9.44. The van der Waals surface area contributed by atoms with Crippen LogP contribution in [0.2, 0.25) is 5.02 Å². The SMILES string of the molecule is O=C(O)c1ccc(-c2ccc(Cl)cc2)cc1[O-]. The molecule has 0 saturated carbocycles. The van der Waals surface area contributed by atoms with Crippen LogP contribution in [0.5, 0.6) is 5.75 Å². The predicted octanol–water partition coefficient (Wildman–Crippen LogP) is 2.78. The van der Waals surface area contributed by atoms with Crippen molar-refractivity contribution in [1.82, 2.24) is 0 Å². The Balaban J connectivity index is 2.44. The van der Waals surface area contributed by atoms with Gasteiger partial charge in [-0.3, -0.25) is 0 Å². The Bertz CT molecular complexity index is 561. The van der Waals surface area contributed by atoms with Gasteiger partial charge in [0.2, 0.25) is 0 Å².